The molecule has 2 nitrogen and oxygen atoms in total. The van der Waals surface area contributed by atoms with Crippen LogP contribution >= 0.6 is 11.3 Å². The van der Waals surface area contributed by atoms with Gasteiger partial charge in [0, 0.05) is 31.2 Å². The lowest BCUT2D eigenvalue weighted by molar-refractivity contribution is 0.0571. The highest BCUT2D eigenvalue weighted by Crippen LogP contribution is 2.37. The van der Waals surface area contributed by atoms with E-state index in [9.17, 15) is 0 Å². The van der Waals surface area contributed by atoms with E-state index < -0.39 is 0 Å². The maximum absolute atomic E-state index is 3.80. The van der Waals surface area contributed by atoms with Crippen LogP contribution < -0.4 is 5.32 Å². The molecule has 3 atom stereocenters. The van der Waals surface area contributed by atoms with Crippen molar-refractivity contribution in [1.82, 2.24) is 10.2 Å². The number of hydrogen-bond donors (Lipinski definition) is 1. The smallest absolute Gasteiger partial charge is 0.0332 e. The summed E-state index contributed by atoms with van der Waals surface area (Å²) in [6.45, 7) is 9.48. The summed E-state index contributed by atoms with van der Waals surface area (Å²) in [5.74, 6) is 1.67. The summed E-state index contributed by atoms with van der Waals surface area (Å²) in [5.41, 5.74) is 1.49. The van der Waals surface area contributed by atoms with Gasteiger partial charge in [0.05, 0.1) is 0 Å². The highest BCUT2D eigenvalue weighted by atomic mass is 32.1. The minimum atomic E-state index is 0.557. The molecule has 106 valence electrons. The standard InChI is InChI=1S/C16H26N2S/c1-11(2)16-8-17-15(13-4-5-13)9-18(16)12(3)14-6-7-19-10-14/h6-7,10-13,15-17H,4-5,8-9H2,1-3H3. The molecule has 3 rings (SSSR count). The predicted octanol–water partition coefficient (Wildman–Crippen LogP) is 3.52. The molecule has 2 aliphatic rings. The van der Waals surface area contributed by atoms with Crippen LogP contribution in [0, 0.1) is 11.8 Å². The Kier molecular flexibility index (Phi) is 3.97. The molecule has 0 radical (unpaired) electrons. The van der Waals surface area contributed by atoms with Crippen molar-refractivity contribution in [3.63, 3.8) is 0 Å². The van der Waals surface area contributed by atoms with Crippen molar-refractivity contribution in [2.45, 2.75) is 51.7 Å². The quantitative estimate of drug-likeness (QED) is 0.906. The van der Waals surface area contributed by atoms with Crippen LogP contribution in [0.1, 0.15) is 45.2 Å². The minimum Gasteiger partial charge on any atom is -0.311 e. The van der Waals surface area contributed by atoms with E-state index >= 15 is 0 Å². The molecule has 0 amide bonds. The molecule has 1 aromatic rings. The van der Waals surface area contributed by atoms with E-state index in [1.165, 1.54) is 24.9 Å². The third kappa shape index (κ3) is 2.88. The van der Waals surface area contributed by atoms with Gasteiger partial charge in [0.25, 0.3) is 0 Å². The summed E-state index contributed by atoms with van der Waals surface area (Å²) < 4.78 is 0. The molecule has 0 aromatic carbocycles. The molecule has 1 saturated carbocycles. The van der Waals surface area contributed by atoms with Gasteiger partial charge in [0.1, 0.15) is 0 Å². The summed E-state index contributed by atoms with van der Waals surface area (Å²) >= 11 is 1.82. The van der Waals surface area contributed by atoms with Crippen LogP contribution in [-0.4, -0.2) is 30.1 Å². The van der Waals surface area contributed by atoms with Gasteiger partial charge in [-0.2, -0.15) is 11.3 Å². The Morgan fingerprint density at radius 1 is 1.32 bits per heavy atom. The van der Waals surface area contributed by atoms with Crippen molar-refractivity contribution in [1.29, 1.82) is 0 Å². The molecule has 1 aromatic heterocycles. The highest BCUT2D eigenvalue weighted by molar-refractivity contribution is 7.07. The largest absolute Gasteiger partial charge is 0.311 e. The average molecular weight is 278 g/mol. The Morgan fingerprint density at radius 2 is 2.11 bits per heavy atom. The van der Waals surface area contributed by atoms with E-state index in [0.717, 1.165) is 18.5 Å². The second-order valence-electron chi connectivity index (χ2n) is 6.59. The summed E-state index contributed by atoms with van der Waals surface area (Å²) in [4.78, 5) is 2.76. The van der Waals surface area contributed by atoms with Crippen molar-refractivity contribution in [2.75, 3.05) is 13.1 Å². The van der Waals surface area contributed by atoms with Crippen molar-refractivity contribution < 1.29 is 0 Å². The Bertz CT molecular complexity index is 397. The first-order valence-electron chi connectivity index (χ1n) is 7.68. The molecule has 0 bridgehead atoms. The maximum atomic E-state index is 3.80. The number of piperazine rings is 1. The first-order valence-corrected chi connectivity index (χ1v) is 8.62. The van der Waals surface area contributed by atoms with Gasteiger partial charge in [0.15, 0.2) is 0 Å². The Hall–Kier alpha value is -0.380. The Balaban J connectivity index is 1.76. The van der Waals surface area contributed by atoms with Gasteiger partial charge in [-0.25, -0.2) is 0 Å². The molecule has 1 aliphatic carbocycles. The molecule has 3 unspecified atom stereocenters. The Labute approximate surface area is 121 Å². The van der Waals surface area contributed by atoms with Crippen molar-refractivity contribution in [3.05, 3.63) is 22.4 Å². The average Bonchev–Trinajstić information content (AvgIpc) is 3.12. The fourth-order valence-electron chi connectivity index (χ4n) is 3.40. The van der Waals surface area contributed by atoms with Gasteiger partial charge < -0.3 is 5.32 Å². The van der Waals surface area contributed by atoms with Crippen LogP contribution in [0.15, 0.2) is 16.8 Å². The molecule has 3 heteroatoms. The topological polar surface area (TPSA) is 15.3 Å². The second kappa shape index (κ2) is 5.55. The third-order valence-corrected chi connectivity index (χ3v) is 5.61. The van der Waals surface area contributed by atoms with E-state index in [1.54, 1.807) is 0 Å². The fourth-order valence-corrected chi connectivity index (χ4v) is 4.15. The first-order chi connectivity index (χ1) is 9.16. The van der Waals surface area contributed by atoms with Crippen molar-refractivity contribution >= 4 is 11.3 Å². The normalized spacial score (nSPS) is 30.7. The van der Waals surface area contributed by atoms with Crippen LogP contribution in [0.25, 0.3) is 0 Å². The van der Waals surface area contributed by atoms with E-state index in [2.05, 4.69) is 47.8 Å². The molecule has 0 spiro atoms. The monoisotopic (exact) mass is 278 g/mol. The van der Waals surface area contributed by atoms with Gasteiger partial charge in [-0.05, 0) is 54.0 Å². The zero-order chi connectivity index (χ0) is 13.4. The summed E-state index contributed by atoms with van der Waals surface area (Å²) in [5, 5.41) is 8.32. The Morgan fingerprint density at radius 3 is 2.68 bits per heavy atom. The predicted molar refractivity (Wildman–Crippen MR) is 82.6 cm³/mol. The number of thiophene rings is 1. The molecular weight excluding hydrogens is 252 g/mol. The summed E-state index contributed by atoms with van der Waals surface area (Å²) in [6.07, 6.45) is 2.87. The number of hydrogen-bond acceptors (Lipinski definition) is 3. The van der Waals surface area contributed by atoms with Crippen LogP contribution in [0.2, 0.25) is 0 Å². The highest BCUT2D eigenvalue weighted by Gasteiger charge is 2.39. The molecule has 19 heavy (non-hydrogen) atoms. The van der Waals surface area contributed by atoms with Gasteiger partial charge >= 0.3 is 0 Å². The lowest BCUT2D eigenvalue weighted by Crippen LogP contribution is -2.59. The van der Waals surface area contributed by atoms with Gasteiger partial charge in [-0.3, -0.25) is 4.90 Å². The molecular formula is C16H26N2S. The molecule has 2 heterocycles. The molecule has 1 aliphatic heterocycles. The summed E-state index contributed by atoms with van der Waals surface area (Å²) in [6, 6.07) is 4.25. The SMILES string of the molecule is CC(C)C1CNC(C2CC2)CN1C(C)c1ccsc1. The zero-order valence-electron chi connectivity index (χ0n) is 12.3. The van der Waals surface area contributed by atoms with E-state index in [-0.39, 0.29) is 0 Å². The van der Waals surface area contributed by atoms with Crippen molar-refractivity contribution in [3.8, 4) is 0 Å². The lowest BCUT2D eigenvalue weighted by Gasteiger charge is -2.45. The maximum Gasteiger partial charge on any atom is 0.0332 e. The van der Waals surface area contributed by atoms with E-state index in [1.807, 2.05) is 11.3 Å². The second-order valence-corrected chi connectivity index (χ2v) is 7.37. The zero-order valence-corrected chi connectivity index (χ0v) is 13.1. The van der Waals surface area contributed by atoms with Crippen LogP contribution in [0.5, 0.6) is 0 Å². The van der Waals surface area contributed by atoms with E-state index in [0.29, 0.717) is 18.0 Å². The van der Waals surface area contributed by atoms with Gasteiger partial charge in [0.2, 0.25) is 0 Å². The van der Waals surface area contributed by atoms with Crippen molar-refractivity contribution in [2.24, 2.45) is 11.8 Å². The molecule has 2 fully saturated rings. The number of rotatable bonds is 4. The van der Waals surface area contributed by atoms with Gasteiger partial charge in [-0.1, -0.05) is 13.8 Å². The first kappa shape index (κ1) is 13.6. The van der Waals surface area contributed by atoms with Gasteiger partial charge in [-0.15, -0.1) is 0 Å². The lowest BCUT2D eigenvalue weighted by atomic mass is 9.94. The van der Waals surface area contributed by atoms with Crippen LogP contribution in [-0.2, 0) is 0 Å². The fraction of sp³-hybridized carbons (Fsp3) is 0.750. The molecule has 1 saturated heterocycles. The number of nitrogens with one attached hydrogen (secondary N) is 1. The summed E-state index contributed by atoms with van der Waals surface area (Å²) in [7, 11) is 0. The van der Waals surface area contributed by atoms with Crippen LogP contribution in [0.3, 0.4) is 0 Å². The third-order valence-electron chi connectivity index (χ3n) is 4.91. The van der Waals surface area contributed by atoms with Crippen LogP contribution in [0.4, 0.5) is 0 Å². The van der Waals surface area contributed by atoms with E-state index in [4.69, 9.17) is 0 Å². The molecule has 1 N–H and O–H groups in total. The number of nitrogens with zero attached hydrogens (tertiary/aromatic N) is 1. The minimum absolute atomic E-state index is 0.557.